The Morgan fingerprint density at radius 2 is 2.13 bits per heavy atom. The van der Waals surface area contributed by atoms with Crippen LogP contribution in [0, 0.1) is 11.8 Å². The Morgan fingerprint density at radius 1 is 1.40 bits per heavy atom. The molecular formula is C11H13N3O. The molecular weight excluding hydrogens is 190 g/mol. The highest BCUT2D eigenvalue weighted by atomic mass is 16.2. The molecule has 1 aliphatic heterocycles. The maximum absolute atomic E-state index is 12.0. The predicted molar refractivity (Wildman–Crippen MR) is 55.5 cm³/mol. The number of anilines is 1. The standard InChI is InChI=1S/C11H13N3O/c1-6-7-5-8(7)9-10(13-4-3-12-9)14(2)11(6)15/h3-4,6-8H,5H2,1-2H3/t6-,7+,8+/m1/s1. The average molecular weight is 203 g/mol. The molecule has 1 aliphatic carbocycles. The van der Waals surface area contributed by atoms with E-state index in [2.05, 4.69) is 9.97 Å². The summed E-state index contributed by atoms with van der Waals surface area (Å²) in [6, 6.07) is 0. The van der Waals surface area contributed by atoms with Gasteiger partial charge in [0.1, 0.15) is 0 Å². The molecule has 2 heterocycles. The first-order valence-corrected chi connectivity index (χ1v) is 5.28. The van der Waals surface area contributed by atoms with Crippen LogP contribution in [0.5, 0.6) is 0 Å². The maximum Gasteiger partial charge on any atom is 0.231 e. The van der Waals surface area contributed by atoms with Gasteiger partial charge in [0.2, 0.25) is 5.91 Å². The van der Waals surface area contributed by atoms with Gasteiger partial charge in [-0.15, -0.1) is 0 Å². The number of hydrogen-bond donors (Lipinski definition) is 0. The lowest BCUT2D eigenvalue weighted by atomic mass is 10.0. The van der Waals surface area contributed by atoms with Crippen LogP contribution < -0.4 is 4.90 Å². The predicted octanol–water partition coefficient (Wildman–Crippen LogP) is 1.19. The van der Waals surface area contributed by atoms with Gasteiger partial charge in [0.05, 0.1) is 5.69 Å². The summed E-state index contributed by atoms with van der Waals surface area (Å²) >= 11 is 0. The summed E-state index contributed by atoms with van der Waals surface area (Å²) in [4.78, 5) is 22.3. The van der Waals surface area contributed by atoms with Gasteiger partial charge >= 0.3 is 0 Å². The van der Waals surface area contributed by atoms with Crippen LogP contribution in [-0.4, -0.2) is 22.9 Å². The van der Waals surface area contributed by atoms with Gasteiger partial charge in [-0.05, 0) is 12.3 Å². The van der Waals surface area contributed by atoms with Crippen molar-refractivity contribution in [2.24, 2.45) is 11.8 Å². The Bertz CT molecular complexity index is 432. The topological polar surface area (TPSA) is 46.1 Å². The largest absolute Gasteiger partial charge is 0.298 e. The summed E-state index contributed by atoms with van der Waals surface area (Å²) in [6.45, 7) is 2.01. The minimum absolute atomic E-state index is 0.107. The fourth-order valence-electron chi connectivity index (χ4n) is 2.54. The minimum Gasteiger partial charge on any atom is -0.298 e. The highest BCUT2D eigenvalue weighted by Gasteiger charge is 2.50. The first-order chi connectivity index (χ1) is 7.20. The second-order valence-corrected chi connectivity index (χ2v) is 4.46. The third-order valence-electron chi connectivity index (χ3n) is 3.58. The first-order valence-electron chi connectivity index (χ1n) is 5.28. The van der Waals surface area contributed by atoms with Crippen molar-refractivity contribution in [1.29, 1.82) is 0 Å². The summed E-state index contributed by atoms with van der Waals surface area (Å²) in [7, 11) is 1.79. The van der Waals surface area contributed by atoms with Crippen LogP contribution in [0.1, 0.15) is 25.0 Å². The molecule has 1 saturated carbocycles. The van der Waals surface area contributed by atoms with E-state index in [1.807, 2.05) is 6.92 Å². The molecule has 0 saturated heterocycles. The maximum atomic E-state index is 12.0. The number of fused-ring (bicyclic) bond motifs is 3. The molecule has 0 spiro atoms. The van der Waals surface area contributed by atoms with E-state index in [0.717, 1.165) is 17.9 Å². The Kier molecular flexibility index (Phi) is 1.63. The van der Waals surface area contributed by atoms with Gasteiger partial charge in [-0.1, -0.05) is 6.92 Å². The van der Waals surface area contributed by atoms with E-state index < -0.39 is 0 Å². The molecule has 78 valence electrons. The molecule has 0 radical (unpaired) electrons. The van der Waals surface area contributed by atoms with E-state index in [0.29, 0.717) is 11.8 Å². The lowest BCUT2D eigenvalue weighted by molar-refractivity contribution is -0.122. The fraction of sp³-hybridized carbons (Fsp3) is 0.545. The van der Waals surface area contributed by atoms with Crippen molar-refractivity contribution in [3.63, 3.8) is 0 Å². The van der Waals surface area contributed by atoms with Gasteiger partial charge in [-0.25, -0.2) is 4.98 Å². The summed E-state index contributed by atoms with van der Waals surface area (Å²) in [5.41, 5.74) is 1.00. The zero-order chi connectivity index (χ0) is 10.6. The number of rotatable bonds is 0. The van der Waals surface area contributed by atoms with E-state index in [1.54, 1.807) is 24.3 Å². The zero-order valence-electron chi connectivity index (χ0n) is 8.84. The Hall–Kier alpha value is -1.45. The van der Waals surface area contributed by atoms with Crippen molar-refractivity contribution in [1.82, 2.24) is 9.97 Å². The van der Waals surface area contributed by atoms with Crippen LogP contribution in [0.4, 0.5) is 5.82 Å². The number of carbonyl (C=O) groups excluding carboxylic acids is 1. The van der Waals surface area contributed by atoms with Gasteiger partial charge in [0.25, 0.3) is 0 Å². The molecule has 15 heavy (non-hydrogen) atoms. The lowest BCUT2D eigenvalue weighted by Crippen LogP contribution is -2.32. The van der Waals surface area contributed by atoms with Crippen molar-refractivity contribution in [2.45, 2.75) is 19.3 Å². The Balaban J connectivity index is 2.14. The van der Waals surface area contributed by atoms with Crippen LogP contribution in [-0.2, 0) is 4.79 Å². The summed E-state index contributed by atoms with van der Waals surface area (Å²) in [5, 5.41) is 0. The van der Waals surface area contributed by atoms with Crippen molar-refractivity contribution in [3.8, 4) is 0 Å². The molecule has 0 bridgehead atoms. The molecule has 1 aromatic rings. The van der Waals surface area contributed by atoms with Gasteiger partial charge in [0, 0.05) is 31.3 Å². The summed E-state index contributed by atoms with van der Waals surface area (Å²) in [5.74, 6) is 1.97. The summed E-state index contributed by atoms with van der Waals surface area (Å²) < 4.78 is 0. The SMILES string of the molecule is C[C@H]1C(=O)N(C)c2nccnc2[C@H]2C[C@H]21. The molecule has 3 rings (SSSR count). The second-order valence-electron chi connectivity index (χ2n) is 4.46. The van der Waals surface area contributed by atoms with Crippen LogP contribution in [0.15, 0.2) is 12.4 Å². The minimum atomic E-state index is 0.107. The van der Waals surface area contributed by atoms with Crippen LogP contribution >= 0.6 is 0 Å². The summed E-state index contributed by atoms with van der Waals surface area (Å²) in [6.07, 6.45) is 4.45. The van der Waals surface area contributed by atoms with E-state index in [4.69, 9.17) is 0 Å². The zero-order valence-corrected chi connectivity index (χ0v) is 8.84. The molecule has 4 heteroatoms. The van der Waals surface area contributed by atoms with E-state index in [1.165, 1.54) is 0 Å². The molecule has 0 N–H and O–H groups in total. The van der Waals surface area contributed by atoms with Crippen LogP contribution in [0.2, 0.25) is 0 Å². The van der Waals surface area contributed by atoms with Crippen LogP contribution in [0.3, 0.4) is 0 Å². The third kappa shape index (κ3) is 1.11. The number of aromatic nitrogens is 2. The van der Waals surface area contributed by atoms with Gasteiger partial charge in [-0.2, -0.15) is 0 Å². The van der Waals surface area contributed by atoms with E-state index >= 15 is 0 Å². The van der Waals surface area contributed by atoms with Crippen molar-refractivity contribution < 1.29 is 4.79 Å². The quantitative estimate of drug-likeness (QED) is 0.636. The number of hydrogen-bond acceptors (Lipinski definition) is 3. The molecule has 3 atom stereocenters. The molecule has 1 fully saturated rings. The van der Waals surface area contributed by atoms with Gasteiger partial charge in [0.15, 0.2) is 5.82 Å². The Morgan fingerprint density at radius 3 is 2.93 bits per heavy atom. The molecule has 4 nitrogen and oxygen atoms in total. The monoisotopic (exact) mass is 203 g/mol. The smallest absolute Gasteiger partial charge is 0.231 e. The van der Waals surface area contributed by atoms with E-state index in [-0.39, 0.29) is 11.8 Å². The second kappa shape index (κ2) is 2.78. The van der Waals surface area contributed by atoms with Crippen molar-refractivity contribution >= 4 is 11.7 Å². The highest BCUT2D eigenvalue weighted by molar-refractivity contribution is 5.95. The normalized spacial score (nSPS) is 33.1. The first kappa shape index (κ1) is 8.83. The van der Waals surface area contributed by atoms with Gasteiger partial charge < -0.3 is 0 Å². The number of nitrogens with zero attached hydrogens (tertiary/aromatic N) is 3. The van der Waals surface area contributed by atoms with Crippen molar-refractivity contribution in [3.05, 3.63) is 18.1 Å². The lowest BCUT2D eigenvalue weighted by Gasteiger charge is -2.18. The molecule has 0 aromatic carbocycles. The number of amides is 1. The molecule has 2 aliphatic rings. The number of carbonyl (C=O) groups is 1. The average Bonchev–Trinajstić information content (AvgIpc) is 3.05. The highest BCUT2D eigenvalue weighted by Crippen LogP contribution is 2.55. The third-order valence-corrected chi connectivity index (χ3v) is 3.58. The fourth-order valence-corrected chi connectivity index (χ4v) is 2.54. The molecule has 1 aromatic heterocycles. The van der Waals surface area contributed by atoms with Gasteiger partial charge in [-0.3, -0.25) is 14.7 Å². The molecule has 0 unspecified atom stereocenters. The van der Waals surface area contributed by atoms with Crippen LogP contribution in [0.25, 0.3) is 0 Å². The van der Waals surface area contributed by atoms with E-state index in [9.17, 15) is 4.79 Å². The molecule has 1 amide bonds. The van der Waals surface area contributed by atoms with Crippen molar-refractivity contribution in [2.75, 3.05) is 11.9 Å². The Labute approximate surface area is 88.3 Å².